The summed E-state index contributed by atoms with van der Waals surface area (Å²) in [6.07, 6.45) is 0. The third-order valence-corrected chi connectivity index (χ3v) is 3.24. The molecule has 0 fully saturated rings. The van der Waals surface area contributed by atoms with Crippen molar-refractivity contribution in [3.05, 3.63) is 60.2 Å². The van der Waals surface area contributed by atoms with Crippen molar-refractivity contribution in [1.82, 2.24) is 0 Å². The molecule has 4 nitrogen and oxygen atoms in total. The molecule has 0 radical (unpaired) electrons. The fraction of sp³-hybridized carbons (Fsp3) is 0. The topological polar surface area (TPSA) is 81.5 Å². The number of hydrogen-bond acceptors (Lipinski definition) is 3. The lowest BCUT2D eigenvalue weighted by Crippen LogP contribution is -2.21. The first-order chi connectivity index (χ1) is 9.15. The van der Waals surface area contributed by atoms with Crippen molar-refractivity contribution in [1.29, 1.82) is 0 Å². The van der Waals surface area contributed by atoms with Gasteiger partial charge >= 0.3 is 0 Å². The van der Waals surface area contributed by atoms with Crippen molar-refractivity contribution in [3.8, 4) is 0 Å². The lowest BCUT2D eigenvalue weighted by molar-refractivity contribution is 0.108. The van der Waals surface area contributed by atoms with Crippen LogP contribution in [0.25, 0.3) is 0 Å². The molecular weight excluding hydrogens is 258 g/mol. The molecule has 0 bridgehead atoms. The van der Waals surface area contributed by atoms with E-state index in [1.165, 1.54) is 11.8 Å². The molecule has 0 amide bonds. The van der Waals surface area contributed by atoms with Crippen LogP contribution in [0, 0.1) is 0 Å². The summed E-state index contributed by atoms with van der Waals surface area (Å²) in [5, 5.41) is -0.0116. The summed E-state index contributed by atoms with van der Waals surface area (Å²) in [7, 11) is 0. The van der Waals surface area contributed by atoms with Gasteiger partial charge in [-0.05, 0) is 48.2 Å². The highest BCUT2D eigenvalue weighted by atomic mass is 32.2. The molecule has 4 N–H and O–H groups in total. The number of carbonyl (C=O) groups is 1. The number of hydrogen-bond donors (Lipinski definition) is 2. The Morgan fingerprint density at radius 1 is 0.947 bits per heavy atom. The maximum atomic E-state index is 12.0. The van der Waals surface area contributed by atoms with Gasteiger partial charge in [0.2, 0.25) is 5.12 Å². The van der Waals surface area contributed by atoms with E-state index >= 15 is 0 Å². The van der Waals surface area contributed by atoms with E-state index in [1.54, 1.807) is 24.3 Å². The molecule has 0 aliphatic carbocycles. The summed E-state index contributed by atoms with van der Waals surface area (Å²) in [5.74, 6) is -0.00210. The van der Waals surface area contributed by atoms with Crippen LogP contribution in [0.1, 0.15) is 10.4 Å². The van der Waals surface area contributed by atoms with E-state index in [1.807, 2.05) is 30.3 Å². The molecule has 0 aliphatic heterocycles. The summed E-state index contributed by atoms with van der Waals surface area (Å²) in [4.78, 5) is 16.8. The molecule has 0 unspecified atom stereocenters. The minimum absolute atomic E-state index is 0.00210. The molecule has 0 saturated carbocycles. The SMILES string of the molecule is NC(N)=Nc1ccc(C(=O)Sc2ccccc2)cc1. The molecule has 0 aliphatic rings. The predicted octanol–water partition coefficient (Wildman–Crippen LogP) is 2.52. The number of aliphatic imine (C=N–C) groups is 1. The van der Waals surface area contributed by atoms with Crippen LogP contribution in [-0.4, -0.2) is 11.1 Å². The third-order valence-electron chi connectivity index (χ3n) is 2.31. The average Bonchev–Trinajstić information content (AvgIpc) is 2.40. The van der Waals surface area contributed by atoms with Crippen molar-refractivity contribution in [2.24, 2.45) is 16.5 Å². The zero-order valence-corrected chi connectivity index (χ0v) is 10.9. The van der Waals surface area contributed by atoms with Crippen LogP contribution in [0.5, 0.6) is 0 Å². The number of nitrogens with zero attached hydrogens (tertiary/aromatic N) is 1. The number of nitrogens with two attached hydrogens (primary N) is 2. The molecule has 96 valence electrons. The Morgan fingerprint density at radius 2 is 1.58 bits per heavy atom. The Bertz CT molecular complexity index is 590. The minimum atomic E-state index is -0.0116. The van der Waals surface area contributed by atoms with E-state index in [2.05, 4.69) is 4.99 Å². The Balaban J connectivity index is 2.10. The van der Waals surface area contributed by atoms with Crippen LogP contribution >= 0.6 is 11.8 Å². The fourth-order valence-corrected chi connectivity index (χ4v) is 2.24. The molecule has 0 atom stereocenters. The zero-order valence-electron chi connectivity index (χ0n) is 10.1. The summed E-state index contributed by atoms with van der Waals surface area (Å²) < 4.78 is 0. The van der Waals surface area contributed by atoms with Crippen molar-refractivity contribution >= 4 is 28.5 Å². The number of benzene rings is 2. The lowest BCUT2D eigenvalue weighted by atomic mass is 10.2. The van der Waals surface area contributed by atoms with Crippen molar-refractivity contribution in [2.45, 2.75) is 4.90 Å². The van der Waals surface area contributed by atoms with Gasteiger partial charge < -0.3 is 11.5 Å². The summed E-state index contributed by atoms with van der Waals surface area (Å²) in [5.41, 5.74) is 11.8. The van der Waals surface area contributed by atoms with Crippen LogP contribution in [0.3, 0.4) is 0 Å². The second-order valence-corrected chi connectivity index (χ2v) is 4.83. The van der Waals surface area contributed by atoms with Crippen molar-refractivity contribution < 1.29 is 4.79 Å². The first kappa shape index (κ1) is 13.2. The quantitative estimate of drug-likeness (QED) is 0.510. The normalized spacial score (nSPS) is 9.89. The van der Waals surface area contributed by atoms with Crippen LogP contribution in [0.2, 0.25) is 0 Å². The molecule has 19 heavy (non-hydrogen) atoms. The summed E-state index contributed by atoms with van der Waals surface area (Å²) >= 11 is 1.19. The van der Waals surface area contributed by atoms with Gasteiger partial charge in [0.25, 0.3) is 0 Å². The molecule has 0 heterocycles. The smallest absolute Gasteiger partial charge is 0.224 e. The highest BCUT2D eigenvalue weighted by Gasteiger charge is 2.07. The van der Waals surface area contributed by atoms with Gasteiger partial charge in [0.05, 0.1) is 5.69 Å². The number of thioether (sulfide) groups is 1. The van der Waals surface area contributed by atoms with Gasteiger partial charge in [-0.15, -0.1) is 0 Å². The maximum Gasteiger partial charge on any atom is 0.224 e. The number of rotatable bonds is 3. The Morgan fingerprint density at radius 3 is 2.16 bits per heavy atom. The lowest BCUT2D eigenvalue weighted by Gasteiger charge is -2.01. The Kier molecular flexibility index (Phi) is 4.20. The molecule has 2 aromatic rings. The van der Waals surface area contributed by atoms with Gasteiger partial charge in [-0.1, -0.05) is 18.2 Å². The average molecular weight is 271 g/mol. The standard InChI is InChI=1S/C14H13N3OS/c15-14(16)17-11-8-6-10(7-9-11)13(18)19-12-4-2-1-3-5-12/h1-9H,(H4,15,16,17). The number of guanidine groups is 1. The summed E-state index contributed by atoms with van der Waals surface area (Å²) in [6, 6.07) is 16.3. The monoisotopic (exact) mass is 271 g/mol. The van der Waals surface area contributed by atoms with E-state index in [9.17, 15) is 4.79 Å². The van der Waals surface area contributed by atoms with Crippen molar-refractivity contribution in [2.75, 3.05) is 0 Å². The van der Waals surface area contributed by atoms with E-state index in [-0.39, 0.29) is 11.1 Å². The summed E-state index contributed by atoms with van der Waals surface area (Å²) in [6.45, 7) is 0. The molecule has 0 saturated heterocycles. The van der Waals surface area contributed by atoms with Gasteiger partial charge in [-0.25, -0.2) is 4.99 Å². The Hall–Kier alpha value is -2.27. The largest absolute Gasteiger partial charge is 0.370 e. The molecule has 0 spiro atoms. The van der Waals surface area contributed by atoms with E-state index in [0.717, 1.165) is 4.90 Å². The Labute approximate surface area is 115 Å². The van der Waals surface area contributed by atoms with Gasteiger partial charge in [0.1, 0.15) is 0 Å². The highest BCUT2D eigenvalue weighted by molar-refractivity contribution is 8.14. The second-order valence-electron chi connectivity index (χ2n) is 3.79. The highest BCUT2D eigenvalue weighted by Crippen LogP contribution is 2.23. The van der Waals surface area contributed by atoms with Gasteiger partial charge in [0.15, 0.2) is 5.96 Å². The van der Waals surface area contributed by atoms with Crippen LogP contribution in [0.15, 0.2) is 64.5 Å². The number of carbonyl (C=O) groups excluding carboxylic acids is 1. The molecule has 2 aromatic carbocycles. The van der Waals surface area contributed by atoms with Gasteiger partial charge in [-0.2, -0.15) is 0 Å². The van der Waals surface area contributed by atoms with Crippen LogP contribution in [0.4, 0.5) is 5.69 Å². The van der Waals surface area contributed by atoms with Crippen LogP contribution in [-0.2, 0) is 0 Å². The van der Waals surface area contributed by atoms with E-state index in [4.69, 9.17) is 11.5 Å². The zero-order chi connectivity index (χ0) is 13.7. The molecular formula is C14H13N3OS. The van der Waals surface area contributed by atoms with Gasteiger partial charge in [-0.3, -0.25) is 4.79 Å². The third kappa shape index (κ3) is 3.86. The van der Waals surface area contributed by atoms with Crippen molar-refractivity contribution in [3.63, 3.8) is 0 Å². The van der Waals surface area contributed by atoms with E-state index in [0.29, 0.717) is 11.3 Å². The fourth-order valence-electron chi connectivity index (χ4n) is 1.48. The van der Waals surface area contributed by atoms with Gasteiger partial charge in [0, 0.05) is 10.5 Å². The maximum absolute atomic E-state index is 12.0. The minimum Gasteiger partial charge on any atom is -0.370 e. The molecule has 0 aromatic heterocycles. The second kappa shape index (κ2) is 6.06. The first-order valence-corrected chi connectivity index (χ1v) is 6.44. The first-order valence-electron chi connectivity index (χ1n) is 5.62. The molecule has 5 heteroatoms. The van der Waals surface area contributed by atoms with E-state index < -0.39 is 0 Å². The molecule has 2 rings (SSSR count). The van der Waals surface area contributed by atoms with Crippen LogP contribution < -0.4 is 11.5 Å². The predicted molar refractivity (Wildman–Crippen MR) is 78.5 cm³/mol.